The molecule has 0 aliphatic heterocycles. The van der Waals surface area contributed by atoms with Gasteiger partial charge in [0, 0.05) is 22.8 Å². The fourth-order valence-electron chi connectivity index (χ4n) is 2.01. The van der Waals surface area contributed by atoms with E-state index in [9.17, 15) is 0 Å². The molecule has 3 rings (SSSR count). The van der Waals surface area contributed by atoms with Crippen molar-refractivity contribution in [2.75, 3.05) is 0 Å². The van der Waals surface area contributed by atoms with Crippen LogP contribution >= 0.6 is 11.6 Å². The predicted molar refractivity (Wildman–Crippen MR) is 83.0 cm³/mol. The van der Waals surface area contributed by atoms with E-state index in [1.165, 1.54) is 0 Å². The van der Waals surface area contributed by atoms with Crippen molar-refractivity contribution in [3.05, 3.63) is 66.0 Å². The lowest BCUT2D eigenvalue weighted by Crippen LogP contribution is -2.00. The standard InChI is InChI=1S/C16H14ClN3O/c1-2-3-4-13-11-16(20-15(19-13)9-10-18-20)21-14-7-5-12(17)6-8-14/h2,5-11H,1,3-4H2. The SMILES string of the molecule is C=CCCc1cc(Oc2ccc(Cl)cc2)n2nccc2n1. The molecule has 1 aromatic carbocycles. The van der Waals surface area contributed by atoms with Crippen molar-refractivity contribution in [1.82, 2.24) is 14.6 Å². The van der Waals surface area contributed by atoms with E-state index < -0.39 is 0 Å². The van der Waals surface area contributed by atoms with Crippen LogP contribution < -0.4 is 4.74 Å². The monoisotopic (exact) mass is 299 g/mol. The normalized spacial score (nSPS) is 10.7. The number of nitrogens with zero attached hydrogens (tertiary/aromatic N) is 3. The fraction of sp³-hybridized carbons (Fsp3) is 0.125. The summed E-state index contributed by atoms with van der Waals surface area (Å²) in [6, 6.07) is 11.0. The third-order valence-electron chi connectivity index (χ3n) is 3.02. The molecule has 0 aliphatic carbocycles. The second-order valence-corrected chi connectivity index (χ2v) is 5.01. The van der Waals surface area contributed by atoms with Gasteiger partial charge < -0.3 is 4.74 Å². The molecule has 3 aromatic rings. The fourth-order valence-corrected chi connectivity index (χ4v) is 2.13. The summed E-state index contributed by atoms with van der Waals surface area (Å²) in [4.78, 5) is 4.54. The second-order valence-electron chi connectivity index (χ2n) is 4.57. The number of ether oxygens (including phenoxy) is 1. The number of aryl methyl sites for hydroxylation is 1. The minimum Gasteiger partial charge on any atom is -0.439 e. The maximum absolute atomic E-state index is 5.90. The minimum absolute atomic E-state index is 0.631. The Kier molecular flexibility index (Phi) is 3.88. The number of hydrogen-bond donors (Lipinski definition) is 0. The van der Waals surface area contributed by atoms with Crippen LogP contribution in [0.4, 0.5) is 0 Å². The number of benzene rings is 1. The van der Waals surface area contributed by atoms with Gasteiger partial charge in [0.25, 0.3) is 0 Å². The van der Waals surface area contributed by atoms with E-state index in [1.807, 2.05) is 30.3 Å². The Morgan fingerprint density at radius 1 is 1.24 bits per heavy atom. The van der Waals surface area contributed by atoms with E-state index in [-0.39, 0.29) is 0 Å². The van der Waals surface area contributed by atoms with E-state index in [0.717, 1.165) is 24.2 Å². The molecule has 5 heteroatoms. The lowest BCUT2D eigenvalue weighted by Gasteiger charge is -2.09. The predicted octanol–water partition coefficient (Wildman–Crippen LogP) is 4.29. The van der Waals surface area contributed by atoms with Crippen LogP contribution in [-0.4, -0.2) is 14.6 Å². The van der Waals surface area contributed by atoms with E-state index in [1.54, 1.807) is 22.8 Å². The Morgan fingerprint density at radius 3 is 2.81 bits per heavy atom. The van der Waals surface area contributed by atoms with Gasteiger partial charge in [0.15, 0.2) is 5.65 Å². The largest absolute Gasteiger partial charge is 0.439 e. The summed E-state index contributed by atoms with van der Waals surface area (Å²) in [5, 5.41) is 4.91. The highest BCUT2D eigenvalue weighted by molar-refractivity contribution is 6.30. The Balaban J connectivity index is 1.97. The lowest BCUT2D eigenvalue weighted by molar-refractivity contribution is 0.445. The van der Waals surface area contributed by atoms with Gasteiger partial charge in [0.1, 0.15) is 5.75 Å². The number of hydrogen-bond acceptors (Lipinski definition) is 3. The van der Waals surface area contributed by atoms with Crippen LogP contribution in [0.25, 0.3) is 5.65 Å². The van der Waals surface area contributed by atoms with Crippen LogP contribution in [0.15, 0.2) is 55.3 Å². The lowest BCUT2D eigenvalue weighted by atomic mass is 10.2. The van der Waals surface area contributed by atoms with E-state index in [0.29, 0.717) is 16.7 Å². The Labute approximate surface area is 127 Å². The summed E-state index contributed by atoms with van der Waals surface area (Å²) in [7, 11) is 0. The van der Waals surface area contributed by atoms with Crippen LogP contribution in [0.1, 0.15) is 12.1 Å². The van der Waals surface area contributed by atoms with Crippen LogP contribution in [-0.2, 0) is 6.42 Å². The third-order valence-corrected chi connectivity index (χ3v) is 3.27. The second kappa shape index (κ2) is 5.97. The van der Waals surface area contributed by atoms with Gasteiger partial charge in [-0.3, -0.25) is 0 Å². The molecule has 0 unspecified atom stereocenters. The molecule has 0 fully saturated rings. The van der Waals surface area contributed by atoms with Crippen molar-refractivity contribution < 1.29 is 4.74 Å². The van der Waals surface area contributed by atoms with Crippen molar-refractivity contribution in [3.8, 4) is 11.6 Å². The van der Waals surface area contributed by atoms with Crippen molar-refractivity contribution in [2.45, 2.75) is 12.8 Å². The van der Waals surface area contributed by atoms with Gasteiger partial charge in [-0.2, -0.15) is 9.61 Å². The van der Waals surface area contributed by atoms with Crippen LogP contribution in [0.2, 0.25) is 5.02 Å². The number of halogens is 1. The molecule has 0 saturated heterocycles. The number of fused-ring (bicyclic) bond motifs is 1. The van der Waals surface area contributed by atoms with Crippen molar-refractivity contribution in [3.63, 3.8) is 0 Å². The molecule has 0 amide bonds. The van der Waals surface area contributed by atoms with E-state index in [4.69, 9.17) is 16.3 Å². The van der Waals surface area contributed by atoms with Crippen LogP contribution in [0.3, 0.4) is 0 Å². The van der Waals surface area contributed by atoms with Gasteiger partial charge in [0.05, 0.1) is 6.20 Å². The van der Waals surface area contributed by atoms with E-state index in [2.05, 4.69) is 16.7 Å². The highest BCUT2D eigenvalue weighted by Gasteiger charge is 2.08. The topological polar surface area (TPSA) is 39.4 Å². The van der Waals surface area contributed by atoms with Gasteiger partial charge in [-0.25, -0.2) is 4.98 Å². The molecule has 2 heterocycles. The van der Waals surface area contributed by atoms with Gasteiger partial charge in [-0.1, -0.05) is 17.7 Å². The average molecular weight is 300 g/mol. The minimum atomic E-state index is 0.631. The summed E-state index contributed by atoms with van der Waals surface area (Å²) < 4.78 is 7.57. The molecular weight excluding hydrogens is 286 g/mol. The molecule has 0 atom stereocenters. The first-order valence-corrected chi connectivity index (χ1v) is 7.02. The first-order chi connectivity index (χ1) is 10.3. The zero-order chi connectivity index (χ0) is 14.7. The highest BCUT2D eigenvalue weighted by Crippen LogP contribution is 2.24. The summed E-state index contributed by atoms with van der Waals surface area (Å²) in [5.41, 5.74) is 1.72. The average Bonchev–Trinajstić information content (AvgIpc) is 2.96. The Hall–Kier alpha value is -2.33. The molecule has 0 saturated carbocycles. The summed E-state index contributed by atoms with van der Waals surface area (Å²) in [5.74, 6) is 1.34. The van der Waals surface area contributed by atoms with Crippen molar-refractivity contribution >= 4 is 17.2 Å². The van der Waals surface area contributed by atoms with Gasteiger partial charge in [-0.05, 0) is 37.1 Å². The molecule has 21 heavy (non-hydrogen) atoms. The summed E-state index contributed by atoms with van der Waals surface area (Å²) in [6.07, 6.45) is 5.27. The molecule has 0 aliphatic rings. The van der Waals surface area contributed by atoms with E-state index >= 15 is 0 Å². The smallest absolute Gasteiger partial charge is 0.224 e. The molecule has 4 nitrogen and oxygen atoms in total. The molecule has 0 radical (unpaired) electrons. The number of rotatable bonds is 5. The molecule has 2 aromatic heterocycles. The highest BCUT2D eigenvalue weighted by atomic mass is 35.5. The molecule has 0 spiro atoms. The summed E-state index contributed by atoms with van der Waals surface area (Å²) in [6.45, 7) is 3.74. The number of aromatic nitrogens is 3. The maximum atomic E-state index is 5.90. The molecular formula is C16H14ClN3O. The van der Waals surface area contributed by atoms with Gasteiger partial charge >= 0.3 is 0 Å². The molecule has 0 bridgehead atoms. The quantitative estimate of drug-likeness (QED) is 0.660. The first-order valence-electron chi connectivity index (χ1n) is 6.64. The van der Waals surface area contributed by atoms with Crippen molar-refractivity contribution in [1.29, 1.82) is 0 Å². The maximum Gasteiger partial charge on any atom is 0.224 e. The van der Waals surface area contributed by atoms with Crippen LogP contribution in [0.5, 0.6) is 11.6 Å². The van der Waals surface area contributed by atoms with Crippen molar-refractivity contribution in [2.24, 2.45) is 0 Å². The van der Waals surface area contributed by atoms with Gasteiger partial charge in [-0.15, -0.1) is 6.58 Å². The van der Waals surface area contributed by atoms with Crippen LogP contribution in [0, 0.1) is 0 Å². The number of allylic oxidation sites excluding steroid dienone is 1. The summed E-state index contributed by atoms with van der Waals surface area (Å²) >= 11 is 5.88. The molecule has 106 valence electrons. The zero-order valence-electron chi connectivity index (χ0n) is 11.4. The Morgan fingerprint density at radius 2 is 2.05 bits per heavy atom. The van der Waals surface area contributed by atoms with Gasteiger partial charge in [0.2, 0.25) is 5.88 Å². The zero-order valence-corrected chi connectivity index (χ0v) is 12.1. The third kappa shape index (κ3) is 3.06. The Bertz CT molecular complexity index is 765. The molecule has 0 N–H and O–H groups in total. The first kappa shape index (κ1) is 13.6.